The number of nitrogens with zero attached hydrogens (tertiary/aromatic N) is 2. The zero-order valence-corrected chi connectivity index (χ0v) is 22.8. The highest BCUT2D eigenvalue weighted by atomic mass is 16.2. The number of aryl methyl sites for hydroxylation is 1. The summed E-state index contributed by atoms with van der Waals surface area (Å²) in [5.41, 5.74) is 5.31. The summed E-state index contributed by atoms with van der Waals surface area (Å²) in [4.78, 5) is 31.0. The first-order chi connectivity index (χ1) is 19.0. The summed E-state index contributed by atoms with van der Waals surface area (Å²) in [5.74, 6) is -0.0637. The van der Waals surface area contributed by atoms with Crippen molar-refractivity contribution in [3.05, 3.63) is 89.5 Å². The number of urea groups is 1. The Morgan fingerprint density at radius 1 is 0.795 bits per heavy atom. The van der Waals surface area contributed by atoms with E-state index in [-0.39, 0.29) is 18.0 Å². The van der Waals surface area contributed by atoms with Crippen LogP contribution in [0.3, 0.4) is 0 Å². The lowest BCUT2D eigenvalue weighted by atomic mass is 9.95. The highest BCUT2D eigenvalue weighted by Crippen LogP contribution is 2.27. The molecule has 0 aromatic heterocycles. The topological polar surface area (TPSA) is 76.7 Å². The first kappa shape index (κ1) is 26.8. The fourth-order valence-corrected chi connectivity index (χ4v) is 5.50. The summed E-state index contributed by atoms with van der Waals surface area (Å²) in [6, 6.07) is 23.8. The monoisotopic (exact) mass is 525 g/mol. The number of piperazine rings is 1. The smallest absolute Gasteiger partial charge is 0.323 e. The standard InChI is InChI=1S/C32H39N5O2/c1-24-12-14-27(15-13-24)34-32(39)35-28-16-17-30(29(22-28)31(38)33-26-10-6-3-7-11-26)37-20-18-36(19-21-37)23-25-8-4-2-5-9-25/h2,4-5,8-9,12-17,22,26H,3,6-7,10-11,18-21,23H2,1H3,(H,33,38)(H2,34,35,39). The maximum absolute atomic E-state index is 13.6. The van der Waals surface area contributed by atoms with Crippen molar-refractivity contribution in [3.8, 4) is 0 Å². The van der Waals surface area contributed by atoms with Gasteiger partial charge in [-0.2, -0.15) is 0 Å². The van der Waals surface area contributed by atoms with Crippen LogP contribution in [0.1, 0.15) is 53.6 Å². The molecule has 1 aliphatic heterocycles. The first-order valence-corrected chi connectivity index (χ1v) is 14.1. The van der Waals surface area contributed by atoms with Crippen molar-refractivity contribution in [2.45, 2.75) is 51.6 Å². The molecule has 5 rings (SSSR count). The second-order valence-electron chi connectivity index (χ2n) is 10.7. The quantitative estimate of drug-likeness (QED) is 0.352. The summed E-state index contributed by atoms with van der Waals surface area (Å²) >= 11 is 0. The van der Waals surface area contributed by atoms with Crippen molar-refractivity contribution >= 4 is 29.0 Å². The lowest BCUT2D eigenvalue weighted by Crippen LogP contribution is -2.46. The van der Waals surface area contributed by atoms with Crippen molar-refractivity contribution in [2.75, 3.05) is 41.7 Å². The Kier molecular flexibility index (Phi) is 8.78. The molecular weight excluding hydrogens is 486 g/mol. The molecule has 1 saturated heterocycles. The minimum atomic E-state index is -0.334. The number of carbonyl (C=O) groups excluding carboxylic acids is 2. The number of hydrogen-bond donors (Lipinski definition) is 3. The van der Waals surface area contributed by atoms with Crippen molar-refractivity contribution in [2.24, 2.45) is 0 Å². The summed E-state index contributed by atoms with van der Waals surface area (Å²) in [5, 5.41) is 9.06. The molecule has 2 aliphatic rings. The zero-order valence-electron chi connectivity index (χ0n) is 22.8. The normalized spacial score (nSPS) is 16.5. The average Bonchev–Trinajstić information content (AvgIpc) is 2.96. The van der Waals surface area contributed by atoms with Crippen LogP contribution in [0.25, 0.3) is 0 Å². The summed E-state index contributed by atoms with van der Waals surface area (Å²) in [7, 11) is 0. The molecule has 3 aromatic carbocycles. The van der Waals surface area contributed by atoms with E-state index < -0.39 is 0 Å². The van der Waals surface area contributed by atoms with Gasteiger partial charge in [0.25, 0.3) is 5.91 Å². The highest BCUT2D eigenvalue weighted by Gasteiger charge is 2.24. The molecule has 0 radical (unpaired) electrons. The van der Waals surface area contributed by atoms with Crippen LogP contribution in [0.5, 0.6) is 0 Å². The van der Waals surface area contributed by atoms with Crippen LogP contribution in [-0.2, 0) is 6.54 Å². The van der Waals surface area contributed by atoms with Gasteiger partial charge < -0.3 is 20.9 Å². The van der Waals surface area contributed by atoms with Gasteiger partial charge in [0.1, 0.15) is 0 Å². The van der Waals surface area contributed by atoms with Gasteiger partial charge >= 0.3 is 6.03 Å². The number of nitrogens with one attached hydrogen (secondary N) is 3. The SMILES string of the molecule is Cc1ccc(NC(=O)Nc2ccc(N3CCN(Cc4ccccc4)CC3)c(C(=O)NC3CCCCC3)c2)cc1. The van der Waals surface area contributed by atoms with E-state index in [1.807, 2.05) is 55.5 Å². The molecule has 3 N–H and O–H groups in total. The van der Waals surface area contributed by atoms with Crippen molar-refractivity contribution in [3.63, 3.8) is 0 Å². The van der Waals surface area contributed by atoms with Crippen LogP contribution in [0.4, 0.5) is 21.9 Å². The molecule has 1 heterocycles. The first-order valence-electron chi connectivity index (χ1n) is 14.1. The van der Waals surface area contributed by atoms with Crippen LogP contribution in [-0.4, -0.2) is 49.1 Å². The van der Waals surface area contributed by atoms with Crippen LogP contribution >= 0.6 is 0 Å². The van der Waals surface area contributed by atoms with Gasteiger partial charge in [-0.3, -0.25) is 9.69 Å². The van der Waals surface area contributed by atoms with Crippen LogP contribution in [0.2, 0.25) is 0 Å². The Balaban J connectivity index is 1.29. The second-order valence-corrected chi connectivity index (χ2v) is 10.7. The van der Waals surface area contributed by atoms with E-state index in [0.717, 1.165) is 75.3 Å². The van der Waals surface area contributed by atoms with Gasteiger partial charge in [-0.15, -0.1) is 0 Å². The molecule has 7 nitrogen and oxygen atoms in total. The number of rotatable bonds is 7. The second kappa shape index (κ2) is 12.8. The van der Waals surface area contributed by atoms with E-state index in [0.29, 0.717) is 11.3 Å². The summed E-state index contributed by atoms with van der Waals surface area (Å²) in [6.45, 7) is 6.49. The maximum atomic E-state index is 13.6. The molecule has 7 heteroatoms. The van der Waals surface area contributed by atoms with Crippen LogP contribution in [0.15, 0.2) is 72.8 Å². The Bertz CT molecular complexity index is 1250. The number of hydrogen-bond acceptors (Lipinski definition) is 4. The molecule has 39 heavy (non-hydrogen) atoms. The molecule has 0 bridgehead atoms. The molecule has 3 aromatic rings. The van der Waals surface area contributed by atoms with Gasteiger partial charge in [-0.25, -0.2) is 4.79 Å². The van der Waals surface area contributed by atoms with E-state index in [4.69, 9.17) is 0 Å². The van der Waals surface area contributed by atoms with E-state index in [9.17, 15) is 9.59 Å². The van der Waals surface area contributed by atoms with Crippen LogP contribution in [0, 0.1) is 6.92 Å². The van der Waals surface area contributed by atoms with Gasteiger partial charge in [0.2, 0.25) is 0 Å². The number of benzene rings is 3. The maximum Gasteiger partial charge on any atom is 0.323 e. The Hall–Kier alpha value is -3.84. The van der Waals surface area contributed by atoms with Gasteiger partial charge in [0.05, 0.1) is 5.56 Å². The minimum absolute atomic E-state index is 0.0637. The van der Waals surface area contributed by atoms with Crippen LogP contribution < -0.4 is 20.9 Å². The molecule has 2 fully saturated rings. The molecule has 0 unspecified atom stereocenters. The fraction of sp³-hybridized carbons (Fsp3) is 0.375. The number of carbonyl (C=O) groups is 2. The molecule has 1 saturated carbocycles. The van der Waals surface area contributed by atoms with Crippen molar-refractivity contribution < 1.29 is 9.59 Å². The number of anilines is 3. The fourth-order valence-electron chi connectivity index (χ4n) is 5.50. The lowest BCUT2D eigenvalue weighted by molar-refractivity contribution is 0.0928. The van der Waals surface area contributed by atoms with Gasteiger partial charge in [-0.1, -0.05) is 67.3 Å². The Morgan fingerprint density at radius 3 is 2.18 bits per heavy atom. The molecule has 204 valence electrons. The van der Waals surface area contributed by atoms with Gasteiger partial charge in [-0.05, 0) is 55.7 Å². The molecular formula is C32H39N5O2. The Morgan fingerprint density at radius 2 is 1.46 bits per heavy atom. The molecule has 0 spiro atoms. The molecule has 3 amide bonds. The van der Waals surface area contributed by atoms with E-state index in [1.54, 1.807) is 0 Å². The van der Waals surface area contributed by atoms with E-state index >= 15 is 0 Å². The molecule has 1 aliphatic carbocycles. The predicted molar refractivity (Wildman–Crippen MR) is 159 cm³/mol. The van der Waals surface area contributed by atoms with Gasteiger partial charge in [0.15, 0.2) is 0 Å². The summed E-state index contributed by atoms with van der Waals surface area (Å²) in [6.07, 6.45) is 5.59. The third-order valence-electron chi connectivity index (χ3n) is 7.71. The molecule has 0 atom stereocenters. The van der Waals surface area contributed by atoms with Crippen molar-refractivity contribution in [1.82, 2.24) is 10.2 Å². The largest absolute Gasteiger partial charge is 0.368 e. The average molecular weight is 526 g/mol. The van der Waals surface area contributed by atoms with Gasteiger partial charge in [0, 0.05) is 55.8 Å². The zero-order chi connectivity index (χ0) is 27.0. The Labute approximate surface area is 231 Å². The lowest BCUT2D eigenvalue weighted by Gasteiger charge is -2.37. The predicted octanol–water partition coefficient (Wildman–Crippen LogP) is 6.02. The van der Waals surface area contributed by atoms with Crippen molar-refractivity contribution in [1.29, 1.82) is 0 Å². The van der Waals surface area contributed by atoms with E-state index in [2.05, 4.69) is 50.0 Å². The van der Waals surface area contributed by atoms with E-state index in [1.165, 1.54) is 12.0 Å². The third kappa shape index (κ3) is 7.39. The summed E-state index contributed by atoms with van der Waals surface area (Å²) < 4.78 is 0. The third-order valence-corrected chi connectivity index (χ3v) is 7.71. The highest BCUT2D eigenvalue weighted by molar-refractivity contribution is 6.04. The number of amides is 3. The minimum Gasteiger partial charge on any atom is -0.368 e.